The fourth-order valence-electron chi connectivity index (χ4n) is 2.95. The molecule has 0 spiro atoms. The maximum atomic E-state index is 5.63. The Hall–Kier alpha value is -2.13. The summed E-state index contributed by atoms with van der Waals surface area (Å²) >= 11 is 0. The molecule has 0 saturated carbocycles. The van der Waals surface area contributed by atoms with Gasteiger partial charge in [-0.2, -0.15) is 0 Å². The molecule has 0 radical (unpaired) electrons. The van der Waals surface area contributed by atoms with Crippen LogP contribution in [0.1, 0.15) is 43.1 Å². The van der Waals surface area contributed by atoms with Gasteiger partial charge < -0.3 is 9.57 Å². The van der Waals surface area contributed by atoms with Gasteiger partial charge in [0, 0.05) is 13.0 Å². The first-order chi connectivity index (χ1) is 11.3. The summed E-state index contributed by atoms with van der Waals surface area (Å²) in [6.07, 6.45) is 1.98. The molecule has 23 heavy (non-hydrogen) atoms. The second kappa shape index (κ2) is 7.42. The lowest BCUT2D eigenvalue weighted by atomic mass is 9.98. The molecule has 3 nitrogen and oxygen atoms in total. The number of benzene rings is 2. The van der Waals surface area contributed by atoms with E-state index < -0.39 is 0 Å². The zero-order valence-corrected chi connectivity index (χ0v) is 13.7. The van der Waals surface area contributed by atoms with Crippen LogP contribution in [0.2, 0.25) is 0 Å². The topological polar surface area (TPSA) is 30.8 Å². The quantitative estimate of drug-likeness (QED) is 0.785. The molecular formula is C20H23NO2. The first kappa shape index (κ1) is 15.8. The third kappa shape index (κ3) is 3.99. The Bertz CT molecular complexity index is 666. The number of nitrogens with zero attached hydrogens (tertiary/aromatic N) is 1. The SMILES string of the molecule is CCO[C@H](C)Cc1cccc(C2=NOC(c3ccccc3)C2)c1. The van der Waals surface area contributed by atoms with E-state index in [2.05, 4.69) is 48.5 Å². The summed E-state index contributed by atoms with van der Waals surface area (Å²) in [6.45, 7) is 4.89. The largest absolute Gasteiger partial charge is 0.387 e. The minimum Gasteiger partial charge on any atom is -0.387 e. The number of hydrogen-bond acceptors (Lipinski definition) is 3. The van der Waals surface area contributed by atoms with Crippen molar-refractivity contribution in [3.63, 3.8) is 0 Å². The van der Waals surface area contributed by atoms with E-state index >= 15 is 0 Å². The van der Waals surface area contributed by atoms with Crippen LogP contribution in [-0.4, -0.2) is 18.4 Å². The molecule has 0 N–H and O–H groups in total. The highest BCUT2D eigenvalue weighted by Gasteiger charge is 2.23. The van der Waals surface area contributed by atoms with Crippen molar-refractivity contribution in [1.29, 1.82) is 0 Å². The molecule has 2 atom stereocenters. The molecule has 1 aliphatic heterocycles. The van der Waals surface area contributed by atoms with E-state index in [4.69, 9.17) is 9.57 Å². The summed E-state index contributed by atoms with van der Waals surface area (Å²) < 4.78 is 5.63. The first-order valence-electron chi connectivity index (χ1n) is 8.25. The zero-order valence-electron chi connectivity index (χ0n) is 13.7. The molecule has 1 heterocycles. The van der Waals surface area contributed by atoms with E-state index in [0.29, 0.717) is 0 Å². The number of hydrogen-bond donors (Lipinski definition) is 0. The van der Waals surface area contributed by atoms with Crippen molar-refractivity contribution < 1.29 is 9.57 Å². The summed E-state index contributed by atoms with van der Waals surface area (Å²) in [5, 5.41) is 4.31. The molecule has 120 valence electrons. The molecule has 1 aliphatic rings. The summed E-state index contributed by atoms with van der Waals surface area (Å²) in [5.74, 6) is 0. The molecule has 1 unspecified atom stereocenters. The van der Waals surface area contributed by atoms with Gasteiger partial charge in [0.1, 0.15) is 0 Å². The van der Waals surface area contributed by atoms with Crippen molar-refractivity contribution in [3.05, 3.63) is 71.3 Å². The van der Waals surface area contributed by atoms with Gasteiger partial charge in [0.05, 0.1) is 11.8 Å². The lowest BCUT2D eigenvalue weighted by Gasteiger charge is -2.12. The maximum absolute atomic E-state index is 5.63. The van der Waals surface area contributed by atoms with Crippen molar-refractivity contribution in [2.75, 3.05) is 6.61 Å². The van der Waals surface area contributed by atoms with Gasteiger partial charge >= 0.3 is 0 Å². The van der Waals surface area contributed by atoms with Crippen LogP contribution in [-0.2, 0) is 16.0 Å². The van der Waals surface area contributed by atoms with Crippen LogP contribution >= 0.6 is 0 Å². The molecule has 0 aliphatic carbocycles. The first-order valence-corrected chi connectivity index (χ1v) is 8.25. The van der Waals surface area contributed by atoms with Crippen LogP contribution in [0, 0.1) is 0 Å². The average molecular weight is 309 g/mol. The van der Waals surface area contributed by atoms with Gasteiger partial charge in [-0.05, 0) is 43.0 Å². The second-order valence-electron chi connectivity index (χ2n) is 5.92. The summed E-state index contributed by atoms with van der Waals surface area (Å²) in [6, 6.07) is 18.8. The summed E-state index contributed by atoms with van der Waals surface area (Å²) in [4.78, 5) is 5.63. The van der Waals surface area contributed by atoms with Crippen molar-refractivity contribution in [2.24, 2.45) is 5.16 Å². The molecule has 0 saturated heterocycles. The highest BCUT2D eigenvalue weighted by Crippen LogP contribution is 2.29. The minimum atomic E-state index is 0.0252. The van der Waals surface area contributed by atoms with Gasteiger partial charge in [0.25, 0.3) is 0 Å². The van der Waals surface area contributed by atoms with Crippen LogP contribution < -0.4 is 0 Å². The van der Waals surface area contributed by atoms with E-state index in [9.17, 15) is 0 Å². The Labute approximate surface area is 137 Å². The summed E-state index contributed by atoms with van der Waals surface area (Å²) in [5.41, 5.74) is 4.61. The predicted molar refractivity (Wildman–Crippen MR) is 92.7 cm³/mol. The van der Waals surface area contributed by atoms with Gasteiger partial charge in [-0.15, -0.1) is 0 Å². The maximum Gasteiger partial charge on any atom is 0.158 e. The Morgan fingerprint density at radius 2 is 2.00 bits per heavy atom. The lowest BCUT2D eigenvalue weighted by molar-refractivity contribution is 0.0768. The van der Waals surface area contributed by atoms with Gasteiger partial charge in [-0.1, -0.05) is 53.7 Å². The fourth-order valence-corrected chi connectivity index (χ4v) is 2.95. The molecule has 2 aromatic carbocycles. The Morgan fingerprint density at radius 3 is 2.78 bits per heavy atom. The number of rotatable bonds is 6. The van der Waals surface area contributed by atoms with E-state index in [1.54, 1.807) is 0 Å². The fraction of sp³-hybridized carbons (Fsp3) is 0.350. The van der Waals surface area contributed by atoms with Gasteiger partial charge in [-0.3, -0.25) is 0 Å². The molecule has 0 bridgehead atoms. The average Bonchev–Trinajstić information content (AvgIpc) is 3.06. The molecule has 3 heteroatoms. The van der Waals surface area contributed by atoms with Crippen molar-refractivity contribution in [1.82, 2.24) is 0 Å². The molecule has 3 rings (SSSR count). The van der Waals surface area contributed by atoms with E-state index in [1.165, 1.54) is 11.1 Å². The highest BCUT2D eigenvalue weighted by atomic mass is 16.6. The van der Waals surface area contributed by atoms with Crippen molar-refractivity contribution in [2.45, 2.75) is 38.9 Å². The molecule has 0 aromatic heterocycles. The molecule has 0 amide bonds. The standard InChI is InChI=1S/C20H23NO2/c1-3-22-15(2)12-16-8-7-11-18(13-16)19-14-20(23-21-19)17-9-5-4-6-10-17/h4-11,13,15,20H,3,12,14H2,1-2H3/t15-,20?/m1/s1. The molecular weight excluding hydrogens is 286 g/mol. The molecule has 0 fully saturated rings. The third-order valence-corrected chi connectivity index (χ3v) is 4.07. The minimum absolute atomic E-state index is 0.0252. The van der Waals surface area contributed by atoms with Gasteiger partial charge in [0.2, 0.25) is 0 Å². The zero-order chi connectivity index (χ0) is 16.1. The van der Waals surface area contributed by atoms with Crippen LogP contribution in [0.25, 0.3) is 0 Å². The lowest BCUT2D eigenvalue weighted by Crippen LogP contribution is -2.11. The Morgan fingerprint density at radius 1 is 1.17 bits per heavy atom. The van der Waals surface area contributed by atoms with E-state index in [1.807, 2.05) is 25.1 Å². The monoisotopic (exact) mass is 309 g/mol. The smallest absolute Gasteiger partial charge is 0.158 e. The number of oxime groups is 1. The van der Waals surface area contributed by atoms with Crippen molar-refractivity contribution in [3.8, 4) is 0 Å². The van der Waals surface area contributed by atoms with E-state index in [-0.39, 0.29) is 12.2 Å². The van der Waals surface area contributed by atoms with Crippen LogP contribution in [0.15, 0.2) is 59.8 Å². The third-order valence-electron chi connectivity index (χ3n) is 4.07. The normalized spacial score (nSPS) is 18.3. The summed E-state index contributed by atoms with van der Waals surface area (Å²) in [7, 11) is 0. The van der Waals surface area contributed by atoms with Gasteiger partial charge in [0.15, 0.2) is 6.10 Å². The van der Waals surface area contributed by atoms with Crippen LogP contribution in [0.5, 0.6) is 0 Å². The Balaban J connectivity index is 1.68. The predicted octanol–water partition coefficient (Wildman–Crippen LogP) is 4.52. The highest BCUT2D eigenvalue weighted by molar-refractivity contribution is 6.01. The second-order valence-corrected chi connectivity index (χ2v) is 5.92. The van der Waals surface area contributed by atoms with Crippen LogP contribution in [0.4, 0.5) is 0 Å². The van der Waals surface area contributed by atoms with Gasteiger partial charge in [-0.25, -0.2) is 0 Å². The number of ether oxygens (including phenoxy) is 1. The van der Waals surface area contributed by atoms with Crippen LogP contribution in [0.3, 0.4) is 0 Å². The van der Waals surface area contributed by atoms with E-state index in [0.717, 1.165) is 30.7 Å². The molecule has 2 aromatic rings. The van der Waals surface area contributed by atoms with Crippen molar-refractivity contribution >= 4 is 5.71 Å². The Kier molecular flexibility index (Phi) is 5.09.